The molecule has 0 saturated carbocycles. The first-order valence-electron chi connectivity index (χ1n) is 5.65. The van der Waals surface area contributed by atoms with Gasteiger partial charge in [-0.3, -0.25) is 0 Å². The van der Waals surface area contributed by atoms with Crippen LogP contribution in [0.5, 0.6) is 0 Å². The Balaban J connectivity index is 2.09. The van der Waals surface area contributed by atoms with Gasteiger partial charge in [-0.15, -0.1) is 0 Å². The molecule has 0 bridgehead atoms. The van der Waals surface area contributed by atoms with Crippen molar-refractivity contribution in [2.24, 2.45) is 7.05 Å². The number of aromatic nitrogens is 1. The van der Waals surface area contributed by atoms with E-state index in [9.17, 15) is 0 Å². The molecular formula is C14H14BrN3. The maximum Gasteiger partial charge on any atom is 0.120 e. The van der Waals surface area contributed by atoms with Gasteiger partial charge in [0.15, 0.2) is 0 Å². The van der Waals surface area contributed by atoms with Crippen molar-refractivity contribution in [1.29, 1.82) is 5.26 Å². The zero-order valence-corrected chi connectivity index (χ0v) is 12.0. The minimum atomic E-state index is 0.680. The summed E-state index contributed by atoms with van der Waals surface area (Å²) in [6.45, 7) is 2.79. The molecule has 1 aromatic heterocycles. The Bertz CT molecular complexity index is 608. The Morgan fingerprint density at radius 3 is 2.78 bits per heavy atom. The largest absolute Gasteiger partial charge is 0.381 e. The first kappa shape index (κ1) is 12.7. The third-order valence-electron chi connectivity index (χ3n) is 2.85. The van der Waals surface area contributed by atoms with E-state index in [1.807, 2.05) is 36.0 Å². The van der Waals surface area contributed by atoms with Gasteiger partial charge in [0.05, 0.1) is 0 Å². The van der Waals surface area contributed by atoms with Gasteiger partial charge in [-0.2, -0.15) is 5.26 Å². The van der Waals surface area contributed by atoms with Crippen LogP contribution in [0.25, 0.3) is 0 Å². The summed E-state index contributed by atoms with van der Waals surface area (Å²) >= 11 is 3.45. The molecule has 0 aliphatic carbocycles. The molecule has 2 rings (SSSR count). The van der Waals surface area contributed by atoms with Crippen LogP contribution in [0.3, 0.4) is 0 Å². The smallest absolute Gasteiger partial charge is 0.120 e. The van der Waals surface area contributed by atoms with E-state index < -0.39 is 0 Å². The van der Waals surface area contributed by atoms with Crippen LogP contribution in [-0.4, -0.2) is 4.57 Å². The van der Waals surface area contributed by atoms with Crippen molar-refractivity contribution in [3.63, 3.8) is 0 Å². The summed E-state index contributed by atoms with van der Waals surface area (Å²) in [6.07, 6.45) is 1.97. The summed E-state index contributed by atoms with van der Waals surface area (Å²) in [5, 5.41) is 12.3. The lowest BCUT2D eigenvalue weighted by molar-refractivity contribution is 0.902. The number of nitrogens with zero attached hydrogens (tertiary/aromatic N) is 2. The molecule has 1 aromatic carbocycles. The highest BCUT2D eigenvalue weighted by molar-refractivity contribution is 9.10. The Labute approximate surface area is 115 Å². The van der Waals surface area contributed by atoms with Crippen LogP contribution >= 0.6 is 15.9 Å². The average Bonchev–Trinajstić information content (AvgIpc) is 2.69. The van der Waals surface area contributed by atoms with Gasteiger partial charge in [0.25, 0.3) is 0 Å². The zero-order chi connectivity index (χ0) is 13.1. The predicted molar refractivity (Wildman–Crippen MR) is 76.3 cm³/mol. The molecule has 0 spiro atoms. The van der Waals surface area contributed by atoms with Gasteiger partial charge in [-0.25, -0.2) is 0 Å². The summed E-state index contributed by atoms with van der Waals surface area (Å²) in [7, 11) is 1.88. The second-order valence-corrected chi connectivity index (χ2v) is 5.18. The van der Waals surface area contributed by atoms with E-state index in [2.05, 4.69) is 40.3 Å². The fraction of sp³-hybridized carbons (Fsp3) is 0.214. The van der Waals surface area contributed by atoms with E-state index in [0.29, 0.717) is 5.69 Å². The van der Waals surface area contributed by atoms with E-state index in [1.54, 1.807) is 0 Å². The van der Waals surface area contributed by atoms with Crippen molar-refractivity contribution in [2.45, 2.75) is 13.5 Å². The number of rotatable bonds is 3. The normalized spacial score (nSPS) is 10.1. The maximum absolute atomic E-state index is 8.90. The molecule has 0 unspecified atom stereocenters. The number of anilines is 1. The van der Waals surface area contributed by atoms with E-state index in [1.165, 1.54) is 5.56 Å². The molecule has 92 valence electrons. The van der Waals surface area contributed by atoms with Gasteiger partial charge >= 0.3 is 0 Å². The Kier molecular flexibility index (Phi) is 3.73. The quantitative estimate of drug-likeness (QED) is 0.941. The molecule has 0 fully saturated rings. The highest BCUT2D eigenvalue weighted by Crippen LogP contribution is 2.20. The van der Waals surface area contributed by atoms with Gasteiger partial charge in [0.1, 0.15) is 11.8 Å². The van der Waals surface area contributed by atoms with Crippen LogP contribution in [-0.2, 0) is 13.6 Å². The van der Waals surface area contributed by atoms with Gasteiger partial charge in [-0.05, 0) is 42.3 Å². The molecule has 4 heteroatoms. The van der Waals surface area contributed by atoms with Crippen molar-refractivity contribution in [2.75, 3.05) is 5.32 Å². The summed E-state index contributed by atoms with van der Waals surface area (Å²) in [6, 6.07) is 10.2. The molecule has 3 nitrogen and oxygen atoms in total. The standard InChI is InChI=1S/C14H14BrN3/c1-10-5-12(15)3-4-14(10)17-8-11-6-13(7-16)18(2)9-11/h3-6,9,17H,8H2,1-2H3. The number of nitriles is 1. The number of hydrogen-bond acceptors (Lipinski definition) is 2. The Morgan fingerprint density at radius 1 is 1.39 bits per heavy atom. The summed E-state index contributed by atoms with van der Waals surface area (Å²) in [5.41, 5.74) is 4.09. The zero-order valence-electron chi connectivity index (χ0n) is 10.4. The van der Waals surface area contributed by atoms with Crippen LogP contribution in [0.15, 0.2) is 34.9 Å². The van der Waals surface area contributed by atoms with Crippen LogP contribution < -0.4 is 5.32 Å². The molecule has 18 heavy (non-hydrogen) atoms. The van der Waals surface area contributed by atoms with Crippen LogP contribution in [0.1, 0.15) is 16.8 Å². The molecular weight excluding hydrogens is 290 g/mol. The molecule has 0 saturated heterocycles. The van der Waals surface area contributed by atoms with Crippen LogP contribution in [0.2, 0.25) is 0 Å². The maximum atomic E-state index is 8.90. The number of nitrogens with one attached hydrogen (secondary N) is 1. The van der Waals surface area contributed by atoms with Gasteiger partial charge < -0.3 is 9.88 Å². The monoisotopic (exact) mass is 303 g/mol. The van der Waals surface area contributed by atoms with Crippen molar-refractivity contribution < 1.29 is 0 Å². The number of halogens is 1. The van der Waals surface area contributed by atoms with E-state index in [4.69, 9.17) is 5.26 Å². The van der Waals surface area contributed by atoms with Crippen LogP contribution in [0, 0.1) is 18.3 Å². The van der Waals surface area contributed by atoms with E-state index in [-0.39, 0.29) is 0 Å². The van der Waals surface area contributed by atoms with Crippen molar-refractivity contribution >= 4 is 21.6 Å². The Morgan fingerprint density at radius 2 is 2.17 bits per heavy atom. The molecule has 0 aliphatic rings. The molecule has 1 heterocycles. The molecule has 0 radical (unpaired) electrons. The third-order valence-corrected chi connectivity index (χ3v) is 3.34. The summed E-state index contributed by atoms with van der Waals surface area (Å²) in [4.78, 5) is 0. The fourth-order valence-electron chi connectivity index (χ4n) is 1.86. The van der Waals surface area contributed by atoms with Gasteiger partial charge in [-0.1, -0.05) is 15.9 Å². The number of hydrogen-bond donors (Lipinski definition) is 1. The Hall–Kier alpha value is -1.73. The van der Waals surface area contributed by atoms with Crippen molar-refractivity contribution in [3.8, 4) is 6.07 Å². The average molecular weight is 304 g/mol. The first-order chi connectivity index (χ1) is 8.60. The molecule has 1 N–H and O–H groups in total. The SMILES string of the molecule is Cc1cc(Br)ccc1NCc1cc(C#N)n(C)c1. The van der Waals surface area contributed by atoms with Gasteiger partial charge in [0, 0.05) is 29.9 Å². The highest BCUT2D eigenvalue weighted by atomic mass is 79.9. The lowest BCUT2D eigenvalue weighted by atomic mass is 10.2. The molecule has 0 aliphatic heterocycles. The first-order valence-corrected chi connectivity index (χ1v) is 6.45. The highest BCUT2D eigenvalue weighted by Gasteiger charge is 2.03. The fourth-order valence-corrected chi connectivity index (χ4v) is 2.34. The van der Waals surface area contributed by atoms with E-state index >= 15 is 0 Å². The summed E-state index contributed by atoms with van der Waals surface area (Å²) < 4.78 is 2.92. The third kappa shape index (κ3) is 2.74. The second-order valence-electron chi connectivity index (χ2n) is 4.27. The lowest BCUT2D eigenvalue weighted by Gasteiger charge is -2.08. The lowest BCUT2D eigenvalue weighted by Crippen LogP contribution is -2.00. The molecule has 0 atom stereocenters. The molecule has 2 aromatic rings. The van der Waals surface area contributed by atoms with Gasteiger partial charge in [0.2, 0.25) is 0 Å². The van der Waals surface area contributed by atoms with Crippen molar-refractivity contribution in [3.05, 3.63) is 51.8 Å². The predicted octanol–water partition coefficient (Wildman–Crippen LogP) is 3.58. The minimum Gasteiger partial charge on any atom is -0.381 e. The van der Waals surface area contributed by atoms with E-state index in [0.717, 1.165) is 22.3 Å². The summed E-state index contributed by atoms with van der Waals surface area (Å²) in [5.74, 6) is 0. The topological polar surface area (TPSA) is 40.8 Å². The molecule has 0 amide bonds. The number of benzene rings is 1. The van der Waals surface area contributed by atoms with Crippen LogP contribution in [0.4, 0.5) is 5.69 Å². The number of aryl methyl sites for hydroxylation is 2. The second kappa shape index (κ2) is 5.28. The van der Waals surface area contributed by atoms with Crippen molar-refractivity contribution in [1.82, 2.24) is 4.57 Å². The minimum absolute atomic E-state index is 0.680.